The van der Waals surface area contributed by atoms with Crippen LogP contribution in [-0.4, -0.2) is 63.7 Å². The lowest BCUT2D eigenvalue weighted by Crippen LogP contribution is -2.66. The number of hydrogen-bond acceptors (Lipinski definition) is 6. The Morgan fingerprint density at radius 2 is 1.53 bits per heavy atom. The van der Waals surface area contributed by atoms with Crippen molar-refractivity contribution in [3.05, 3.63) is 11.6 Å². The van der Waals surface area contributed by atoms with Crippen LogP contribution in [0.5, 0.6) is 0 Å². The predicted molar refractivity (Wildman–Crippen MR) is 216 cm³/mol. The van der Waals surface area contributed by atoms with Gasteiger partial charge in [-0.15, -0.1) is 0 Å². The summed E-state index contributed by atoms with van der Waals surface area (Å²) in [4.78, 5) is 52.2. The molecule has 0 spiro atoms. The highest BCUT2D eigenvalue weighted by Gasteiger charge is 2.70. The summed E-state index contributed by atoms with van der Waals surface area (Å²) in [5.41, 5.74) is 0.308. The van der Waals surface area contributed by atoms with Crippen LogP contribution in [0.3, 0.4) is 0 Å². The van der Waals surface area contributed by atoms with E-state index in [1.807, 2.05) is 13.8 Å². The zero-order valence-electron chi connectivity index (χ0n) is 35.8. The van der Waals surface area contributed by atoms with Crippen LogP contribution in [0.1, 0.15) is 171 Å². The number of aliphatic hydroxyl groups is 2. The van der Waals surface area contributed by atoms with E-state index >= 15 is 0 Å². The molecule has 4 fully saturated rings. The zero-order valence-corrected chi connectivity index (χ0v) is 35.8. The lowest BCUT2D eigenvalue weighted by atomic mass is 9.33. The number of aliphatic carboxylic acids is 1. The number of allylic oxidation sites excluding steroid dienone is 2. The number of fused-ring (bicyclic) bond motifs is 7. The van der Waals surface area contributed by atoms with Gasteiger partial charge in [-0.1, -0.05) is 87.1 Å². The molecule has 9 heteroatoms. The van der Waals surface area contributed by atoms with Gasteiger partial charge in [0.05, 0.1) is 24.7 Å². The summed E-state index contributed by atoms with van der Waals surface area (Å²) < 4.78 is 0. The molecule has 0 aromatic carbocycles. The van der Waals surface area contributed by atoms with E-state index in [0.29, 0.717) is 31.1 Å². The number of carbonyl (C=O) groups excluding carboxylic acids is 3. The Balaban J connectivity index is 1.14. The van der Waals surface area contributed by atoms with Crippen LogP contribution in [0.15, 0.2) is 11.6 Å². The lowest BCUT2D eigenvalue weighted by molar-refractivity contribution is -0.202. The number of rotatable bonds is 15. The van der Waals surface area contributed by atoms with Gasteiger partial charge in [0.1, 0.15) is 0 Å². The van der Waals surface area contributed by atoms with Gasteiger partial charge in [0, 0.05) is 24.3 Å². The Morgan fingerprint density at radius 1 is 0.873 bits per heavy atom. The minimum absolute atomic E-state index is 0.0504. The Bertz CT molecular complexity index is 1490. The monoisotopic (exact) mass is 769 g/mol. The quantitative estimate of drug-likeness (QED) is 0.105. The number of carbonyl (C=O) groups is 4. The summed E-state index contributed by atoms with van der Waals surface area (Å²) in [5, 5.41) is 36.5. The molecule has 5 rings (SSSR count). The van der Waals surface area contributed by atoms with Crippen LogP contribution in [-0.2, 0) is 19.2 Å². The van der Waals surface area contributed by atoms with E-state index in [1.54, 1.807) is 0 Å². The second-order valence-electron chi connectivity index (χ2n) is 21.4. The number of ketones is 1. The second kappa shape index (κ2) is 16.2. The van der Waals surface area contributed by atoms with Crippen molar-refractivity contribution in [2.24, 2.45) is 56.2 Å². The van der Waals surface area contributed by atoms with Gasteiger partial charge in [-0.05, 0) is 128 Å². The number of unbranched alkanes of at least 4 members (excludes halogenated alkanes) is 4. The van der Waals surface area contributed by atoms with E-state index < -0.39 is 30.0 Å². The Morgan fingerprint density at radius 3 is 2.20 bits per heavy atom. The van der Waals surface area contributed by atoms with Gasteiger partial charge in [-0.25, -0.2) is 0 Å². The molecule has 0 bridgehead atoms. The van der Waals surface area contributed by atoms with Gasteiger partial charge in [0.15, 0.2) is 5.78 Å². The third kappa shape index (κ3) is 8.23. The van der Waals surface area contributed by atoms with Gasteiger partial charge in [0.25, 0.3) is 0 Å². The third-order valence-corrected chi connectivity index (χ3v) is 16.9. The average Bonchev–Trinajstić information content (AvgIpc) is 3.08. The number of aliphatic hydroxyl groups excluding tert-OH is 2. The van der Waals surface area contributed by atoms with E-state index in [2.05, 4.69) is 65.2 Å². The molecule has 0 aromatic rings. The third-order valence-electron chi connectivity index (χ3n) is 16.9. The fourth-order valence-electron chi connectivity index (χ4n) is 13.2. The maximum Gasteiger partial charge on any atom is 0.306 e. The summed E-state index contributed by atoms with van der Waals surface area (Å²) in [7, 11) is 0. The average molecular weight is 769 g/mol. The first-order valence-electron chi connectivity index (χ1n) is 22.0. The first kappa shape index (κ1) is 43.9. The first-order chi connectivity index (χ1) is 25.5. The molecule has 0 aromatic heterocycles. The lowest BCUT2D eigenvalue weighted by Gasteiger charge is -2.70. The highest BCUT2D eigenvalue weighted by Crippen LogP contribution is 2.75. The van der Waals surface area contributed by atoms with Crippen LogP contribution in [0.4, 0.5) is 0 Å². The molecule has 0 radical (unpaired) electrons. The number of hydrogen-bond donors (Lipinski definition) is 5. The van der Waals surface area contributed by atoms with E-state index in [-0.39, 0.29) is 62.7 Å². The molecule has 9 nitrogen and oxygen atoms in total. The fraction of sp³-hybridized carbons (Fsp3) is 0.870. The second-order valence-corrected chi connectivity index (χ2v) is 21.4. The first-order valence-corrected chi connectivity index (χ1v) is 22.0. The van der Waals surface area contributed by atoms with Crippen molar-refractivity contribution in [3.63, 3.8) is 0 Å². The van der Waals surface area contributed by atoms with E-state index in [9.17, 15) is 29.4 Å². The molecule has 5 aliphatic rings. The molecule has 0 saturated heterocycles. The molecule has 55 heavy (non-hydrogen) atoms. The number of carboxylic acids is 1. The molecule has 2 amide bonds. The summed E-state index contributed by atoms with van der Waals surface area (Å²) in [6.45, 7) is 20.8. The molecular formula is C46H76N2O7. The molecule has 312 valence electrons. The van der Waals surface area contributed by atoms with Crippen molar-refractivity contribution in [2.75, 3.05) is 6.54 Å². The largest absolute Gasteiger partial charge is 0.481 e. The van der Waals surface area contributed by atoms with Crippen LogP contribution in [0, 0.1) is 56.2 Å². The van der Waals surface area contributed by atoms with Crippen LogP contribution < -0.4 is 10.6 Å². The topological polar surface area (TPSA) is 153 Å². The summed E-state index contributed by atoms with van der Waals surface area (Å²) in [6, 6.07) is -0.568. The Hall–Kier alpha value is -2.26. The van der Waals surface area contributed by atoms with Gasteiger partial charge in [-0.2, -0.15) is 0 Å². The fourth-order valence-corrected chi connectivity index (χ4v) is 13.2. The van der Waals surface area contributed by atoms with Crippen molar-refractivity contribution in [3.8, 4) is 0 Å². The molecule has 0 heterocycles. The maximum absolute atomic E-state index is 14.6. The SMILES string of the molecule is CC(C)C[C@H](NC(=O)CCCCCCCNC(=O)[C@@]1(C)CC[C@]2(C)CC[C@]3(C)C(=CC(=O)[C@@H]4[C@@]5(C)CC[C@H](O)C(C)(C)[C@@H]5CC[C@]43C)[C@@H]2C1)[C@@H](O)CC(=O)O. The van der Waals surface area contributed by atoms with E-state index in [1.165, 1.54) is 5.57 Å². The van der Waals surface area contributed by atoms with Crippen LogP contribution >= 0.6 is 0 Å². The summed E-state index contributed by atoms with van der Waals surface area (Å²) in [5.74, 6) is -0.145. The van der Waals surface area contributed by atoms with Gasteiger partial charge in [-0.3, -0.25) is 19.2 Å². The van der Waals surface area contributed by atoms with Crippen molar-refractivity contribution in [1.82, 2.24) is 10.6 Å². The highest BCUT2D eigenvalue weighted by molar-refractivity contribution is 5.95. The van der Waals surface area contributed by atoms with Crippen molar-refractivity contribution >= 4 is 23.6 Å². The molecule has 0 unspecified atom stereocenters. The summed E-state index contributed by atoms with van der Waals surface area (Å²) in [6.07, 6.45) is 14.0. The van der Waals surface area contributed by atoms with E-state index in [4.69, 9.17) is 5.11 Å². The molecule has 5 aliphatic carbocycles. The van der Waals surface area contributed by atoms with E-state index in [0.717, 1.165) is 89.9 Å². The van der Waals surface area contributed by atoms with Crippen LogP contribution in [0.25, 0.3) is 0 Å². The van der Waals surface area contributed by atoms with Crippen molar-refractivity contribution in [1.29, 1.82) is 0 Å². The number of nitrogens with one attached hydrogen (secondary N) is 2. The normalized spacial score (nSPS) is 39.1. The zero-order chi connectivity index (χ0) is 40.8. The number of carboxylic acid groups (broad SMARTS) is 1. The Labute approximate surface area is 332 Å². The highest BCUT2D eigenvalue weighted by atomic mass is 16.4. The minimum Gasteiger partial charge on any atom is -0.481 e. The molecular weight excluding hydrogens is 693 g/mol. The standard InChI is InChI=1S/C46H76N2O7/c1-29(2)25-32(33(49)27-38(53)54)48-37(52)15-13-11-10-12-14-24-47-40(55)43(6)21-20-42(5)22-23-45(8)30(31(42)28-43)26-34(50)39-44(7)18-17-36(51)41(3,4)35(44)16-19-46(39,45)9/h26,29,31-33,35-36,39,49,51H,10-25,27-28H2,1-9H3,(H,47,55)(H,48,52)(H,53,54)/t31-,32-,33-,35-,36-,39+,42+,43-,44-,45+,46+/m0/s1. The molecule has 11 atom stereocenters. The van der Waals surface area contributed by atoms with Gasteiger partial charge in [0.2, 0.25) is 11.8 Å². The Kier molecular flexibility index (Phi) is 12.9. The van der Waals surface area contributed by atoms with Crippen molar-refractivity contribution < 1.29 is 34.5 Å². The van der Waals surface area contributed by atoms with Crippen LogP contribution in [0.2, 0.25) is 0 Å². The van der Waals surface area contributed by atoms with Gasteiger partial charge < -0.3 is 26.0 Å². The molecule has 0 aliphatic heterocycles. The van der Waals surface area contributed by atoms with Gasteiger partial charge >= 0.3 is 5.97 Å². The smallest absolute Gasteiger partial charge is 0.306 e. The predicted octanol–water partition coefficient (Wildman–Crippen LogP) is 8.15. The summed E-state index contributed by atoms with van der Waals surface area (Å²) >= 11 is 0. The molecule has 5 N–H and O–H groups in total. The number of amides is 2. The van der Waals surface area contributed by atoms with Crippen molar-refractivity contribution in [2.45, 2.75) is 190 Å². The molecule has 4 saturated carbocycles. The minimum atomic E-state index is -1.11. The maximum atomic E-state index is 14.6.